The van der Waals surface area contributed by atoms with Gasteiger partial charge in [0.25, 0.3) is 0 Å². The summed E-state index contributed by atoms with van der Waals surface area (Å²) < 4.78 is 0. The van der Waals surface area contributed by atoms with Gasteiger partial charge in [-0.05, 0) is 36.1 Å². The van der Waals surface area contributed by atoms with Crippen LogP contribution in [0.1, 0.15) is 24.3 Å². The van der Waals surface area contributed by atoms with E-state index in [0.29, 0.717) is 12.5 Å². The van der Waals surface area contributed by atoms with Crippen molar-refractivity contribution in [2.24, 2.45) is 10.7 Å². The Balaban J connectivity index is 2.01. The lowest BCUT2D eigenvalue weighted by atomic mass is 9.92. The molecule has 2 aromatic rings. The summed E-state index contributed by atoms with van der Waals surface area (Å²) in [6.07, 6.45) is 0. The van der Waals surface area contributed by atoms with Gasteiger partial charge in [-0.15, -0.1) is 11.3 Å². The van der Waals surface area contributed by atoms with Crippen LogP contribution < -0.4 is 11.1 Å². The van der Waals surface area contributed by atoms with Gasteiger partial charge in [0.15, 0.2) is 5.96 Å². The van der Waals surface area contributed by atoms with Crippen LogP contribution in [-0.4, -0.2) is 12.5 Å². The number of nitrogens with zero attached hydrogens (tertiary/aromatic N) is 1. The molecule has 0 fully saturated rings. The molecule has 1 heterocycles. The van der Waals surface area contributed by atoms with Gasteiger partial charge in [0.1, 0.15) is 0 Å². The molecule has 0 spiro atoms. The van der Waals surface area contributed by atoms with Crippen molar-refractivity contribution in [2.75, 3.05) is 11.9 Å². The van der Waals surface area contributed by atoms with Gasteiger partial charge in [-0.3, -0.25) is 4.99 Å². The molecule has 0 radical (unpaired) electrons. The van der Waals surface area contributed by atoms with Gasteiger partial charge in [-0.25, -0.2) is 0 Å². The summed E-state index contributed by atoms with van der Waals surface area (Å²) in [5.41, 5.74) is 8.13. The first kappa shape index (κ1) is 14.6. The Bertz CT molecular complexity index is 586. The van der Waals surface area contributed by atoms with Crippen molar-refractivity contribution in [3.63, 3.8) is 0 Å². The summed E-state index contributed by atoms with van der Waals surface area (Å²) in [7, 11) is 0. The minimum absolute atomic E-state index is 0.00702. The fourth-order valence-electron chi connectivity index (χ4n) is 1.93. The molecular weight excluding hydrogens is 266 g/mol. The highest BCUT2D eigenvalue weighted by molar-refractivity contribution is 7.10. The second-order valence-corrected chi connectivity index (χ2v) is 6.50. The molecule has 0 atom stereocenters. The highest BCUT2D eigenvalue weighted by Crippen LogP contribution is 2.27. The number of aryl methyl sites for hydroxylation is 1. The summed E-state index contributed by atoms with van der Waals surface area (Å²) in [5.74, 6) is 0.459. The van der Waals surface area contributed by atoms with Gasteiger partial charge in [-0.1, -0.05) is 32.0 Å². The summed E-state index contributed by atoms with van der Waals surface area (Å²) in [6.45, 7) is 7.08. The van der Waals surface area contributed by atoms with E-state index in [2.05, 4.69) is 54.7 Å². The zero-order valence-electron chi connectivity index (χ0n) is 12.2. The van der Waals surface area contributed by atoms with E-state index < -0.39 is 0 Å². The molecule has 4 heteroatoms. The molecule has 20 heavy (non-hydrogen) atoms. The number of aliphatic imine (C=N–C) groups is 1. The number of hydrogen-bond acceptors (Lipinski definition) is 2. The maximum Gasteiger partial charge on any atom is 0.193 e. The minimum atomic E-state index is 0.00702. The van der Waals surface area contributed by atoms with Crippen molar-refractivity contribution < 1.29 is 0 Å². The molecule has 0 aliphatic carbocycles. The average molecular weight is 287 g/mol. The SMILES string of the molecule is Cc1cccc(NC(N)=NCC(C)(C)c2cccs2)c1. The Labute approximate surface area is 124 Å². The summed E-state index contributed by atoms with van der Waals surface area (Å²) >= 11 is 1.76. The molecule has 0 amide bonds. The number of thiophene rings is 1. The van der Waals surface area contributed by atoms with Gasteiger partial charge in [0, 0.05) is 16.0 Å². The van der Waals surface area contributed by atoms with E-state index in [1.807, 2.05) is 18.2 Å². The number of rotatable bonds is 4. The standard InChI is InChI=1S/C16H21N3S/c1-12-6-4-7-13(10-12)19-15(17)18-11-16(2,3)14-8-5-9-20-14/h4-10H,11H2,1-3H3,(H3,17,18,19). The number of guanidine groups is 1. The van der Waals surface area contributed by atoms with E-state index in [4.69, 9.17) is 5.73 Å². The highest BCUT2D eigenvalue weighted by atomic mass is 32.1. The third-order valence-electron chi connectivity index (χ3n) is 3.12. The van der Waals surface area contributed by atoms with Gasteiger partial charge >= 0.3 is 0 Å². The van der Waals surface area contributed by atoms with E-state index in [1.165, 1.54) is 10.4 Å². The molecule has 0 aliphatic heterocycles. The smallest absolute Gasteiger partial charge is 0.193 e. The Morgan fingerprint density at radius 3 is 2.75 bits per heavy atom. The second kappa shape index (κ2) is 6.09. The lowest BCUT2D eigenvalue weighted by molar-refractivity contribution is 0.551. The molecule has 1 aromatic heterocycles. The molecule has 0 unspecified atom stereocenters. The fourth-order valence-corrected chi connectivity index (χ4v) is 2.78. The maximum atomic E-state index is 5.96. The Hall–Kier alpha value is -1.81. The summed E-state index contributed by atoms with van der Waals surface area (Å²) in [5, 5.41) is 5.22. The minimum Gasteiger partial charge on any atom is -0.370 e. The van der Waals surface area contributed by atoms with Crippen LogP contribution in [0, 0.1) is 6.92 Å². The molecule has 0 aliphatic rings. The maximum absolute atomic E-state index is 5.96. The number of nitrogens with two attached hydrogens (primary N) is 1. The zero-order chi connectivity index (χ0) is 14.6. The molecule has 1 aromatic carbocycles. The van der Waals surface area contributed by atoms with Crippen molar-refractivity contribution in [1.82, 2.24) is 0 Å². The topological polar surface area (TPSA) is 50.4 Å². The first-order valence-corrected chi connectivity index (χ1v) is 7.53. The quantitative estimate of drug-likeness (QED) is 0.664. The predicted molar refractivity (Wildman–Crippen MR) is 88.6 cm³/mol. The van der Waals surface area contributed by atoms with Crippen LogP contribution in [0.4, 0.5) is 5.69 Å². The molecule has 106 valence electrons. The van der Waals surface area contributed by atoms with Crippen LogP contribution in [0.15, 0.2) is 46.8 Å². The Morgan fingerprint density at radius 2 is 2.10 bits per heavy atom. The molecular formula is C16H21N3S. The number of anilines is 1. The van der Waals surface area contributed by atoms with E-state index in [9.17, 15) is 0 Å². The van der Waals surface area contributed by atoms with Crippen LogP contribution in [0.3, 0.4) is 0 Å². The first-order chi connectivity index (χ1) is 9.47. The van der Waals surface area contributed by atoms with E-state index in [-0.39, 0.29) is 5.41 Å². The van der Waals surface area contributed by atoms with Crippen LogP contribution in [0.25, 0.3) is 0 Å². The predicted octanol–water partition coefficient (Wildman–Crippen LogP) is 3.76. The van der Waals surface area contributed by atoms with Gasteiger partial charge in [0.05, 0.1) is 6.54 Å². The fraction of sp³-hybridized carbons (Fsp3) is 0.312. The van der Waals surface area contributed by atoms with Crippen molar-refractivity contribution >= 4 is 23.0 Å². The lowest BCUT2D eigenvalue weighted by Gasteiger charge is -2.21. The van der Waals surface area contributed by atoms with Gasteiger partial charge in [-0.2, -0.15) is 0 Å². The van der Waals surface area contributed by atoms with Crippen molar-refractivity contribution in [2.45, 2.75) is 26.2 Å². The average Bonchev–Trinajstić information content (AvgIpc) is 2.91. The van der Waals surface area contributed by atoms with Crippen LogP contribution in [0.2, 0.25) is 0 Å². The number of benzene rings is 1. The van der Waals surface area contributed by atoms with E-state index in [1.54, 1.807) is 11.3 Å². The molecule has 0 bridgehead atoms. The van der Waals surface area contributed by atoms with Crippen LogP contribution in [0.5, 0.6) is 0 Å². The molecule has 0 saturated carbocycles. The largest absolute Gasteiger partial charge is 0.370 e. The Kier molecular flexibility index (Phi) is 4.45. The Morgan fingerprint density at radius 1 is 1.30 bits per heavy atom. The normalized spacial score (nSPS) is 12.4. The van der Waals surface area contributed by atoms with Crippen LogP contribution in [-0.2, 0) is 5.41 Å². The summed E-state index contributed by atoms with van der Waals surface area (Å²) in [4.78, 5) is 5.79. The number of hydrogen-bond donors (Lipinski definition) is 2. The molecule has 0 saturated heterocycles. The second-order valence-electron chi connectivity index (χ2n) is 5.56. The van der Waals surface area contributed by atoms with Crippen molar-refractivity contribution in [3.05, 3.63) is 52.2 Å². The highest BCUT2D eigenvalue weighted by Gasteiger charge is 2.21. The summed E-state index contributed by atoms with van der Waals surface area (Å²) in [6, 6.07) is 12.3. The monoisotopic (exact) mass is 287 g/mol. The first-order valence-electron chi connectivity index (χ1n) is 6.65. The van der Waals surface area contributed by atoms with E-state index in [0.717, 1.165) is 5.69 Å². The zero-order valence-corrected chi connectivity index (χ0v) is 13.0. The van der Waals surface area contributed by atoms with Crippen LogP contribution >= 0.6 is 11.3 Å². The molecule has 2 rings (SSSR count). The molecule has 3 N–H and O–H groups in total. The van der Waals surface area contributed by atoms with E-state index >= 15 is 0 Å². The lowest BCUT2D eigenvalue weighted by Crippen LogP contribution is -2.27. The third kappa shape index (κ3) is 3.84. The third-order valence-corrected chi connectivity index (χ3v) is 4.36. The van der Waals surface area contributed by atoms with Gasteiger partial charge < -0.3 is 11.1 Å². The molecule has 3 nitrogen and oxygen atoms in total. The van der Waals surface area contributed by atoms with Crippen molar-refractivity contribution in [1.29, 1.82) is 0 Å². The van der Waals surface area contributed by atoms with Crippen molar-refractivity contribution in [3.8, 4) is 0 Å². The van der Waals surface area contributed by atoms with Gasteiger partial charge in [0.2, 0.25) is 0 Å². The number of nitrogens with one attached hydrogen (secondary N) is 1.